The molecule has 2 aromatic rings. The van der Waals surface area contributed by atoms with Crippen molar-refractivity contribution >= 4 is 0 Å². The molecule has 0 saturated carbocycles. The van der Waals surface area contributed by atoms with Gasteiger partial charge in [-0.05, 0) is 36.8 Å². The Morgan fingerprint density at radius 3 is 1.92 bits per heavy atom. The summed E-state index contributed by atoms with van der Waals surface area (Å²) in [5.41, 5.74) is 5.77. The van der Waals surface area contributed by atoms with E-state index in [2.05, 4.69) is 69.7 Å². The maximum atomic E-state index is 5.15. The molecule has 134 valence electrons. The Labute approximate surface area is 153 Å². The van der Waals surface area contributed by atoms with Gasteiger partial charge in [-0.3, -0.25) is 0 Å². The quantitative estimate of drug-likeness (QED) is 0.492. The van der Waals surface area contributed by atoms with Gasteiger partial charge in [0, 0.05) is 0 Å². The Morgan fingerprint density at radius 2 is 1.36 bits per heavy atom. The Balaban J connectivity index is 1.66. The van der Waals surface area contributed by atoms with Crippen molar-refractivity contribution < 1.29 is 4.48 Å². The lowest BCUT2D eigenvalue weighted by atomic mass is 9.94. The molecule has 0 fully saturated rings. The highest BCUT2D eigenvalue weighted by Gasteiger charge is 2.16. The molecule has 0 amide bonds. The summed E-state index contributed by atoms with van der Waals surface area (Å²) < 4.78 is 1.06. The summed E-state index contributed by atoms with van der Waals surface area (Å²) in [6.07, 6.45) is 6.01. The topological polar surface area (TPSA) is 14.1 Å². The van der Waals surface area contributed by atoms with Gasteiger partial charge in [0.05, 0.1) is 27.7 Å². The number of rotatable bonds is 7. The van der Waals surface area contributed by atoms with Crippen LogP contribution in [0.25, 0.3) is 5.32 Å². The van der Waals surface area contributed by atoms with Gasteiger partial charge in [-0.15, -0.1) is 6.54 Å². The van der Waals surface area contributed by atoms with Crippen LogP contribution < -0.4 is 0 Å². The van der Waals surface area contributed by atoms with E-state index in [9.17, 15) is 0 Å². The average Bonchev–Trinajstić information content (AvgIpc) is 2.74. The van der Waals surface area contributed by atoms with Gasteiger partial charge in [-0.25, -0.2) is 0 Å². The maximum Gasteiger partial charge on any atom is 0.0780 e. The molecule has 0 unspecified atom stereocenters. The second-order valence-electron chi connectivity index (χ2n) is 8.28. The lowest BCUT2D eigenvalue weighted by molar-refractivity contribution is -0.870. The van der Waals surface area contributed by atoms with Crippen LogP contribution in [0.15, 0.2) is 48.5 Å². The highest BCUT2D eigenvalue weighted by Crippen LogP contribution is 2.37. The van der Waals surface area contributed by atoms with E-state index in [1.54, 1.807) is 0 Å². The number of hydrogen-bond donors (Lipinski definition) is 0. The molecule has 1 aliphatic rings. The number of aryl methyl sites for hydroxylation is 2. The van der Waals surface area contributed by atoms with E-state index in [1.165, 1.54) is 48.1 Å². The van der Waals surface area contributed by atoms with Crippen molar-refractivity contribution in [3.63, 3.8) is 0 Å². The van der Waals surface area contributed by atoms with Gasteiger partial charge in [-0.1, -0.05) is 72.1 Å². The SMILES string of the molecule is C[N+](C)(C)CCCCC[N-]C1c2ccccc2CCc2ccccc21. The molecule has 0 atom stereocenters. The van der Waals surface area contributed by atoms with Crippen LogP contribution in [-0.4, -0.2) is 38.7 Å². The molecule has 0 bridgehead atoms. The van der Waals surface area contributed by atoms with E-state index in [-0.39, 0.29) is 6.04 Å². The summed E-state index contributed by atoms with van der Waals surface area (Å²) in [6.45, 7) is 2.21. The third-order valence-corrected chi connectivity index (χ3v) is 5.16. The molecule has 2 nitrogen and oxygen atoms in total. The minimum Gasteiger partial charge on any atom is -0.652 e. The maximum absolute atomic E-state index is 5.15. The number of fused-ring (bicyclic) bond motifs is 2. The standard InChI is InChI=1S/C23H32N2/c1-25(2,3)18-10-4-9-17-24-23-21-13-7-5-11-19(21)15-16-20-12-6-8-14-22(20)23/h5-8,11-14,23H,4,9-10,15-18H2,1-3H3. The van der Waals surface area contributed by atoms with Gasteiger partial charge in [0.25, 0.3) is 0 Å². The zero-order chi connectivity index (χ0) is 17.7. The number of hydrogen-bond acceptors (Lipinski definition) is 0. The van der Waals surface area contributed by atoms with E-state index >= 15 is 0 Å². The minimum atomic E-state index is 0.216. The van der Waals surface area contributed by atoms with Crippen LogP contribution in [0.2, 0.25) is 0 Å². The lowest BCUT2D eigenvalue weighted by Crippen LogP contribution is -2.35. The third-order valence-electron chi connectivity index (χ3n) is 5.16. The molecule has 0 saturated heterocycles. The first kappa shape index (κ1) is 18.2. The monoisotopic (exact) mass is 336 g/mol. The second kappa shape index (κ2) is 8.16. The molecule has 0 aliphatic heterocycles. The van der Waals surface area contributed by atoms with Crippen molar-refractivity contribution in [3.05, 3.63) is 76.1 Å². The highest BCUT2D eigenvalue weighted by molar-refractivity contribution is 5.47. The van der Waals surface area contributed by atoms with Crippen molar-refractivity contribution in [2.45, 2.75) is 38.1 Å². The molecule has 0 aromatic heterocycles. The molecule has 1 aliphatic carbocycles. The van der Waals surface area contributed by atoms with Gasteiger partial charge in [0.15, 0.2) is 0 Å². The summed E-state index contributed by atoms with van der Waals surface area (Å²) in [4.78, 5) is 0. The molecule has 0 N–H and O–H groups in total. The normalized spacial score (nSPS) is 14.7. The average molecular weight is 337 g/mol. The van der Waals surface area contributed by atoms with E-state index < -0.39 is 0 Å². The molecule has 0 spiro atoms. The Morgan fingerprint density at radius 1 is 0.800 bits per heavy atom. The third kappa shape index (κ3) is 4.93. The Hall–Kier alpha value is -1.64. The zero-order valence-corrected chi connectivity index (χ0v) is 16.0. The Kier molecular flexibility index (Phi) is 5.93. The van der Waals surface area contributed by atoms with Crippen LogP contribution in [0.5, 0.6) is 0 Å². The summed E-state index contributed by atoms with van der Waals surface area (Å²) in [7, 11) is 6.80. The van der Waals surface area contributed by atoms with Gasteiger partial charge in [-0.2, -0.15) is 0 Å². The van der Waals surface area contributed by atoms with Crippen LogP contribution in [0.4, 0.5) is 0 Å². The summed E-state index contributed by atoms with van der Waals surface area (Å²) in [5, 5.41) is 5.15. The van der Waals surface area contributed by atoms with Crippen LogP contribution >= 0.6 is 0 Å². The van der Waals surface area contributed by atoms with Crippen molar-refractivity contribution in [1.29, 1.82) is 0 Å². The molecular formula is C23H32N2. The number of benzene rings is 2. The van der Waals surface area contributed by atoms with E-state index in [0.29, 0.717) is 0 Å². The van der Waals surface area contributed by atoms with E-state index in [0.717, 1.165) is 23.9 Å². The van der Waals surface area contributed by atoms with Crippen LogP contribution in [0, 0.1) is 0 Å². The van der Waals surface area contributed by atoms with Gasteiger partial charge in [0.1, 0.15) is 0 Å². The van der Waals surface area contributed by atoms with Crippen molar-refractivity contribution in [1.82, 2.24) is 0 Å². The fourth-order valence-electron chi connectivity index (χ4n) is 3.79. The van der Waals surface area contributed by atoms with Crippen LogP contribution in [0.1, 0.15) is 47.6 Å². The van der Waals surface area contributed by atoms with E-state index in [4.69, 9.17) is 5.32 Å². The summed E-state index contributed by atoms with van der Waals surface area (Å²) in [5.74, 6) is 0. The molecule has 3 rings (SSSR count). The second-order valence-corrected chi connectivity index (χ2v) is 8.28. The molecule has 25 heavy (non-hydrogen) atoms. The predicted octanol–water partition coefficient (Wildman–Crippen LogP) is 5.12. The molecule has 0 radical (unpaired) electrons. The smallest absolute Gasteiger partial charge is 0.0780 e. The largest absolute Gasteiger partial charge is 0.652 e. The first-order valence-electron chi connectivity index (χ1n) is 9.67. The van der Waals surface area contributed by atoms with Crippen LogP contribution in [0.3, 0.4) is 0 Å². The molecule has 2 heteroatoms. The first-order valence-corrected chi connectivity index (χ1v) is 9.67. The lowest BCUT2D eigenvalue weighted by Gasteiger charge is -2.34. The minimum absolute atomic E-state index is 0.216. The summed E-state index contributed by atoms with van der Waals surface area (Å²) in [6, 6.07) is 18.0. The predicted molar refractivity (Wildman–Crippen MR) is 107 cm³/mol. The number of nitrogens with zero attached hydrogens (tertiary/aromatic N) is 2. The van der Waals surface area contributed by atoms with Crippen molar-refractivity contribution in [2.75, 3.05) is 34.2 Å². The highest BCUT2D eigenvalue weighted by atomic mass is 15.3. The number of quaternary nitrogens is 1. The Bertz CT molecular complexity index is 637. The number of unbranched alkanes of at least 4 members (excludes halogenated alkanes) is 2. The van der Waals surface area contributed by atoms with E-state index in [1.807, 2.05) is 0 Å². The fourth-order valence-corrected chi connectivity index (χ4v) is 3.79. The van der Waals surface area contributed by atoms with Crippen molar-refractivity contribution in [2.24, 2.45) is 0 Å². The van der Waals surface area contributed by atoms with Gasteiger partial charge in [0.2, 0.25) is 0 Å². The first-order chi connectivity index (χ1) is 12.0. The fraction of sp³-hybridized carbons (Fsp3) is 0.478. The van der Waals surface area contributed by atoms with Crippen LogP contribution in [-0.2, 0) is 12.8 Å². The van der Waals surface area contributed by atoms with Crippen molar-refractivity contribution in [3.8, 4) is 0 Å². The molecule has 2 aromatic carbocycles. The molecular weight excluding hydrogens is 304 g/mol. The van der Waals surface area contributed by atoms with Gasteiger partial charge < -0.3 is 9.80 Å². The van der Waals surface area contributed by atoms with Gasteiger partial charge >= 0.3 is 0 Å². The zero-order valence-electron chi connectivity index (χ0n) is 16.0. The molecule has 0 heterocycles. The summed E-state index contributed by atoms with van der Waals surface area (Å²) >= 11 is 0.